The Bertz CT molecular complexity index is 988. The number of rotatable bonds is 8. The van der Waals surface area contributed by atoms with Crippen LogP contribution in [0.2, 0.25) is 5.02 Å². The quantitative estimate of drug-likeness (QED) is 0.429. The van der Waals surface area contributed by atoms with Crippen molar-refractivity contribution in [2.24, 2.45) is 0 Å². The van der Waals surface area contributed by atoms with E-state index in [1.807, 2.05) is 43.3 Å². The number of nitrogens with zero attached hydrogens (tertiary/aromatic N) is 1. The summed E-state index contributed by atoms with van der Waals surface area (Å²) >= 11 is 7.19. The van der Waals surface area contributed by atoms with Crippen LogP contribution in [0.3, 0.4) is 0 Å². The molecule has 0 aliphatic heterocycles. The van der Waals surface area contributed by atoms with E-state index >= 15 is 0 Å². The van der Waals surface area contributed by atoms with Crippen molar-refractivity contribution in [3.63, 3.8) is 0 Å². The van der Waals surface area contributed by atoms with Gasteiger partial charge < -0.3 is 14.8 Å². The van der Waals surface area contributed by atoms with Crippen LogP contribution in [-0.4, -0.2) is 36.6 Å². The molecule has 0 atom stereocenters. The molecule has 1 heterocycles. The molecule has 0 saturated heterocycles. The number of esters is 1. The van der Waals surface area contributed by atoms with E-state index in [0.29, 0.717) is 23.2 Å². The molecular weight excluding hydrogens is 412 g/mol. The monoisotopic (exact) mass is 430 g/mol. The van der Waals surface area contributed by atoms with Crippen LogP contribution >= 0.6 is 22.9 Å². The molecule has 0 aliphatic rings. The van der Waals surface area contributed by atoms with Crippen LogP contribution in [-0.2, 0) is 9.53 Å². The lowest BCUT2D eigenvalue weighted by atomic mass is 10.2. The first-order valence-corrected chi connectivity index (χ1v) is 10.1. The van der Waals surface area contributed by atoms with Gasteiger partial charge in [0.25, 0.3) is 5.91 Å². The molecule has 0 fully saturated rings. The number of hydrogen-bond donors (Lipinski definition) is 1. The summed E-state index contributed by atoms with van der Waals surface area (Å²) in [6, 6.07) is 14.8. The summed E-state index contributed by atoms with van der Waals surface area (Å²) in [6.07, 6.45) is 0. The van der Waals surface area contributed by atoms with E-state index in [2.05, 4.69) is 10.3 Å². The zero-order chi connectivity index (χ0) is 20.6. The average Bonchev–Trinajstić information content (AvgIpc) is 3.20. The van der Waals surface area contributed by atoms with E-state index in [4.69, 9.17) is 21.1 Å². The number of ether oxygens (including phenoxy) is 2. The van der Waals surface area contributed by atoms with Crippen LogP contribution in [0.4, 0.5) is 0 Å². The molecular formula is C21H19ClN2O4S. The summed E-state index contributed by atoms with van der Waals surface area (Å²) in [5, 5.41) is 5.53. The van der Waals surface area contributed by atoms with Crippen LogP contribution in [0, 0.1) is 6.92 Å². The summed E-state index contributed by atoms with van der Waals surface area (Å²) in [5.74, 6) is -0.308. The molecule has 2 aromatic carbocycles. The van der Waals surface area contributed by atoms with Gasteiger partial charge in [0.2, 0.25) is 0 Å². The largest absolute Gasteiger partial charge is 0.492 e. The third-order valence-electron chi connectivity index (χ3n) is 3.82. The molecule has 0 aliphatic carbocycles. The maximum atomic E-state index is 12.1. The lowest BCUT2D eigenvalue weighted by Gasteiger charge is -2.08. The molecule has 1 aromatic heterocycles. The van der Waals surface area contributed by atoms with Gasteiger partial charge in [0.1, 0.15) is 17.4 Å². The Morgan fingerprint density at radius 2 is 1.97 bits per heavy atom. The van der Waals surface area contributed by atoms with Crippen molar-refractivity contribution in [1.82, 2.24) is 10.3 Å². The second-order valence-electron chi connectivity index (χ2n) is 6.14. The van der Waals surface area contributed by atoms with E-state index in [0.717, 1.165) is 16.9 Å². The predicted molar refractivity (Wildman–Crippen MR) is 113 cm³/mol. The Morgan fingerprint density at radius 3 is 2.72 bits per heavy atom. The zero-order valence-corrected chi connectivity index (χ0v) is 17.3. The number of carbonyl (C=O) groups is 2. The molecule has 3 rings (SSSR count). The van der Waals surface area contributed by atoms with E-state index < -0.39 is 11.9 Å². The van der Waals surface area contributed by atoms with Gasteiger partial charge in [-0.15, -0.1) is 11.3 Å². The molecule has 0 spiro atoms. The molecule has 6 nitrogen and oxygen atoms in total. The van der Waals surface area contributed by atoms with Crippen LogP contribution in [0.25, 0.3) is 10.6 Å². The lowest BCUT2D eigenvalue weighted by molar-refractivity contribution is -0.124. The van der Waals surface area contributed by atoms with Crippen molar-refractivity contribution < 1.29 is 19.1 Å². The Labute approximate surface area is 177 Å². The molecule has 1 N–H and O–H groups in total. The Kier molecular flexibility index (Phi) is 7.21. The second kappa shape index (κ2) is 10.0. The fraction of sp³-hybridized carbons (Fsp3) is 0.190. The fourth-order valence-corrected chi connectivity index (χ4v) is 3.33. The maximum Gasteiger partial charge on any atom is 0.358 e. The highest BCUT2D eigenvalue weighted by molar-refractivity contribution is 7.13. The average molecular weight is 431 g/mol. The highest BCUT2D eigenvalue weighted by Crippen LogP contribution is 2.25. The predicted octanol–water partition coefficient (Wildman–Crippen LogP) is 4.12. The first-order valence-electron chi connectivity index (χ1n) is 8.86. The van der Waals surface area contributed by atoms with Gasteiger partial charge in [0.15, 0.2) is 12.3 Å². The van der Waals surface area contributed by atoms with Crippen molar-refractivity contribution in [2.45, 2.75) is 6.92 Å². The number of thiazole rings is 1. The number of nitrogens with one attached hydrogen (secondary N) is 1. The van der Waals surface area contributed by atoms with E-state index in [1.165, 1.54) is 11.3 Å². The third kappa shape index (κ3) is 6.30. The SMILES string of the molecule is Cc1cccc(OCCNC(=O)COC(=O)c2csc(-c3ccc(Cl)cc3)n2)c1. The van der Waals surface area contributed by atoms with Crippen LogP contribution < -0.4 is 10.1 Å². The topological polar surface area (TPSA) is 77.5 Å². The van der Waals surface area contributed by atoms with Gasteiger partial charge in [-0.25, -0.2) is 9.78 Å². The number of halogens is 1. The number of benzene rings is 2. The van der Waals surface area contributed by atoms with Gasteiger partial charge in [0.05, 0.1) is 6.54 Å². The van der Waals surface area contributed by atoms with E-state index in [1.54, 1.807) is 17.5 Å². The Hall–Kier alpha value is -2.90. The van der Waals surface area contributed by atoms with Crippen LogP contribution in [0.5, 0.6) is 5.75 Å². The normalized spacial score (nSPS) is 10.4. The summed E-state index contributed by atoms with van der Waals surface area (Å²) in [5.41, 5.74) is 2.11. The highest BCUT2D eigenvalue weighted by Gasteiger charge is 2.15. The second-order valence-corrected chi connectivity index (χ2v) is 7.43. The van der Waals surface area contributed by atoms with Gasteiger partial charge in [-0.05, 0) is 36.8 Å². The van der Waals surface area contributed by atoms with Crippen molar-refractivity contribution in [1.29, 1.82) is 0 Å². The molecule has 150 valence electrons. The summed E-state index contributed by atoms with van der Waals surface area (Å²) in [7, 11) is 0. The smallest absolute Gasteiger partial charge is 0.358 e. The standard InChI is InChI=1S/C21H19ClN2O4S/c1-14-3-2-4-17(11-14)27-10-9-23-19(25)12-28-21(26)18-13-29-20(24-18)15-5-7-16(22)8-6-15/h2-8,11,13H,9-10,12H2,1H3,(H,23,25). The van der Waals surface area contributed by atoms with Crippen molar-refractivity contribution in [2.75, 3.05) is 19.8 Å². The first-order chi connectivity index (χ1) is 14.0. The molecule has 0 saturated carbocycles. The first kappa shape index (κ1) is 20.8. The summed E-state index contributed by atoms with van der Waals surface area (Å²) < 4.78 is 10.6. The molecule has 0 bridgehead atoms. The van der Waals surface area contributed by atoms with Gasteiger partial charge in [-0.1, -0.05) is 35.9 Å². The van der Waals surface area contributed by atoms with Gasteiger partial charge in [-0.2, -0.15) is 0 Å². The van der Waals surface area contributed by atoms with Crippen LogP contribution in [0.15, 0.2) is 53.9 Å². The number of aromatic nitrogens is 1. The van der Waals surface area contributed by atoms with E-state index in [-0.39, 0.29) is 12.3 Å². The summed E-state index contributed by atoms with van der Waals surface area (Å²) in [4.78, 5) is 28.2. The van der Waals surface area contributed by atoms with Gasteiger partial charge in [0, 0.05) is 16.0 Å². The highest BCUT2D eigenvalue weighted by atomic mass is 35.5. The maximum absolute atomic E-state index is 12.1. The lowest BCUT2D eigenvalue weighted by Crippen LogP contribution is -2.32. The third-order valence-corrected chi connectivity index (χ3v) is 4.96. The molecule has 3 aromatic rings. The van der Waals surface area contributed by atoms with Crippen molar-refractivity contribution in [3.05, 3.63) is 70.2 Å². The van der Waals surface area contributed by atoms with Gasteiger partial charge in [-0.3, -0.25) is 4.79 Å². The van der Waals surface area contributed by atoms with Crippen LogP contribution in [0.1, 0.15) is 16.1 Å². The van der Waals surface area contributed by atoms with E-state index in [9.17, 15) is 9.59 Å². The number of hydrogen-bond acceptors (Lipinski definition) is 6. The number of aryl methyl sites for hydroxylation is 1. The minimum absolute atomic E-state index is 0.163. The zero-order valence-electron chi connectivity index (χ0n) is 15.7. The minimum atomic E-state index is -0.646. The number of amides is 1. The fourth-order valence-electron chi connectivity index (χ4n) is 2.41. The molecule has 29 heavy (non-hydrogen) atoms. The molecule has 1 amide bonds. The Balaban J connectivity index is 1.40. The molecule has 0 radical (unpaired) electrons. The van der Waals surface area contributed by atoms with Crippen molar-refractivity contribution >= 4 is 34.8 Å². The number of carbonyl (C=O) groups excluding carboxylic acids is 2. The molecule has 0 unspecified atom stereocenters. The van der Waals surface area contributed by atoms with Gasteiger partial charge >= 0.3 is 5.97 Å². The summed E-state index contributed by atoms with van der Waals surface area (Å²) in [6.45, 7) is 2.22. The van der Waals surface area contributed by atoms with Crippen molar-refractivity contribution in [3.8, 4) is 16.3 Å². The molecule has 8 heteroatoms. The minimum Gasteiger partial charge on any atom is -0.492 e. The Morgan fingerprint density at radius 1 is 1.17 bits per heavy atom.